The van der Waals surface area contributed by atoms with Crippen molar-refractivity contribution in [2.24, 2.45) is 11.3 Å². The molecular weight excluding hydrogens is 268 g/mol. The molecule has 0 saturated carbocycles. The van der Waals surface area contributed by atoms with E-state index in [0.717, 1.165) is 38.8 Å². The maximum absolute atomic E-state index is 12.7. The molecule has 0 aromatic carbocycles. The SMILES string of the molecule is C=CCN1CC[C@@]2(CCCN(C(=O)[C@@H]3CCOC3)C2)C1=O. The number of amides is 2. The highest BCUT2D eigenvalue weighted by Gasteiger charge is 2.49. The second-order valence-corrected chi connectivity index (χ2v) is 6.49. The van der Waals surface area contributed by atoms with Crippen LogP contribution in [0.5, 0.6) is 0 Å². The molecule has 3 aliphatic rings. The predicted octanol–water partition coefficient (Wildman–Crippen LogP) is 1.05. The van der Waals surface area contributed by atoms with Gasteiger partial charge in [0.25, 0.3) is 0 Å². The summed E-state index contributed by atoms with van der Waals surface area (Å²) in [4.78, 5) is 29.0. The molecule has 0 radical (unpaired) electrons. The van der Waals surface area contributed by atoms with Gasteiger partial charge in [-0.15, -0.1) is 6.58 Å². The summed E-state index contributed by atoms with van der Waals surface area (Å²) in [7, 11) is 0. The Morgan fingerprint density at radius 3 is 3.00 bits per heavy atom. The van der Waals surface area contributed by atoms with Crippen LogP contribution in [-0.2, 0) is 14.3 Å². The molecule has 0 aliphatic carbocycles. The number of hydrogen-bond acceptors (Lipinski definition) is 3. The van der Waals surface area contributed by atoms with E-state index in [9.17, 15) is 9.59 Å². The molecule has 3 fully saturated rings. The second-order valence-electron chi connectivity index (χ2n) is 6.49. The van der Waals surface area contributed by atoms with E-state index in [-0.39, 0.29) is 23.1 Å². The normalized spacial score (nSPS) is 33.0. The molecule has 1 spiro atoms. The van der Waals surface area contributed by atoms with Crippen molar-refractivity contribution in [3.05, 3.63) is 12.7 Å². The van der Waals surface area contributed by atoms with Crippen molar-refractivity contribution in [2.75, 3.05) is 39.4 Å². The highest BCUT2D eigenvalue weighted by Crippen LogP contribution is 2.40. The van der Waals surface area contributed by atoms with Gasteiger partial charge in [-0.1, -0.05) is 6.08 Å². The van der Waals surface area contributed by atoms with Crippen LogP contribution in [0.3, 0.4) is 0 Å². The lowest BCUT2D eigenvalue weighted by Gasteiger charge is -2.39. The summed E-state index contributed by atoms with van der Waals surface area (Å²) in [5, 5.41) is 0. The molecule has 2 atom stereocenters. The van der Waals surface area contributed by atoms with E-state index in [1.54, 1.807) is 6.08 Å². The highest BCUT2D eigenvalue weighted by molar-refractivity contribution is 5.87. The molecule has 5 nitrogen and oxygen atoms in total. The Bertz CT molecular complexity index is 445. The van der Waals surface area contributed by atoms with Crippen molar-refractivity contribution < 1.29 is 14.3 Å². The summed E-state index contributed by atoms with van der Waals surface area (Å²) in [5.74, 6) is 0.394. The molecule has 0 aromatic heterocycles. The van der Waals surface area contributed by atoms with Crippen LogP contribution in [0.2, 0.25) is 0 Å². The van der Waals surface area contributed by atoms with Crippen LogP contribution in [0.25, 0.3) is 0 Å². The third kappa shape index (κ3) is 2.59. The first kappa shape index (κ1) is 14.6. The third-order valence-electron chi connectivity index (χ3n) is 5.12. The van der Waals surface area contributed by atoms with Crippen molar-refractivity contribution >= 4 is 11.8 Å². The zero-order valence-corrected chi connectivity index (χ0v) is 12.6. The van der Waals surface area contributed by atoms with E-state index in [0.29, 0.717) is 26.3 Å². The minimum atomic E-state index is -0.337. The number of piperidine rings is 1. The lowest BCUT2D eigenvalue weighted by molar-refractivity contribution is -0.145. The molecular formula is C16H24N2O3. The van der Waals surface area contributed by atoms with Crippen LogP contribution >= 0.6 is 0 Å². The van der Waals surface area contributed by atoms with Crippen molar-refractivity contribution in [1.82, 2.24) is 9.80 Å². The molecule has 0 aromatic rings. The Labute approximate surface area is 125 Å². The quantitative estimate of drug-likeness (QED) is 0.731. The Kier molecular flexibility index (Phi) is 4.02. The Balaban J connectivity index is 1.69. The van der Waals surface area contributed by atoms with Gasteiger partial charge in [0, 0.05) is 32.8 Å². The van der Waals surface area contributed by atoms with E-state index in [1.807, 2.05) is 9.80 Å². The van der Waals surface area contributed by atoms with Gasteiger partial charge < -0.3 is 14.5 Å². The molecule has 5 heteroatoms. The van der Waals surface area contributed by atoms with Crippen molar-refractivity contribution in [3.8, 4) is 0 Å². The van der Waals surface area contributed by atoms with E-state index >= 15 is 0 Å². The summed E-state index contributed by atoms with van der Waals surface area (Å²) in [6, 6.07) is 0. The molecule has 3 rings (SSSR count). The highest BCUT2D eigenvalue weighted by atomic mass is 16.5. The van der Waals surface area contributed by atoms with Crippen LogP contribution in [-0.4, -0.2) is 61.0 Å². The number of nitrogens with zero attached hydrogens (tertiary/aromatic N) is 2. The first-order valence-corrected chi connectivity index (χ1v) is 7.93. The van der Waals surface area contributed by atoms with Crippen LogP contribution in [0, 0.1) is 11.3 Å². The van der Waals surface area contributed by atoms with E-state index in [1.165, 1.54) is 0 Å². The lowest BCUT2D eigenvalue weighted by Crippen LogP contribution is -2.51. The standard InChI is InChI=1S/C16H24N2O3/c1-2-7-17-9-6-16(15(17)20)5-3-8-18(12-16)14(19)13-4-10-21-11-13/h2,13H,1,3-12H2/t13-,16-/m1/s1. The molecule has 3 saturated heterocycles. The summed E-state index contributed by atoms with van der Waals surface area (Å²) >= 11 is 0. The van der Waals surface area contributed by atoms with Gasteiger partial charge in [-0.2, -0.15) is 0 Å². The second kappa shape index (κ2) is 5.79. The maximum atomic E-state index is 12.7. The van der Waals surface area contributed by atoms with E-state index in [2.05, 4.69) is 6.58 Å². The number of likely N-dealkylation sites (tertiary alicyclic amines) is 2. The minimum absolute atomic E-state index is 0.000864. The number of carbonyl (C=O) groups is 2. The Morgan fingerprint density at radius 1 is 1.43 bits per heavy atom. The molecule has 3 heterocycles. The van der Waals surface area contributed by atoms with Gasteiger partial charge >= 0.3 is 0 Å². The zero-order chi connectivity index (χ0) is 14.9. The maximum Gasteiger partial charge on any atom is 0.230 e. The van der Waals surface area contributed by atoms with Gasteiger partial charge in [0.15, 0.2) is 0 Å². The summed E-state index contributed by atoms with van der Waals surface area (Å²) < 4.78 is 5.32. The van der Waals surface area contributed by atoms with Gasteiger partial charge in [-0.3, -0.25) is 9.59 Å². The van der Waals surface area contributed by atoms with E-state index < -0.39 is 0 Å². The first-order valence-electron chi connectivity index (χ1n) is 7.93. The van der Waals surface area contributed by atoms with Crippen LogP contribution in [0.4, 0.5) is 0 Å². The zero-order valence-electron chi connectivity index (χ0n) is 12.6. The fraction of sp³-hybridized carbons (Fsp3) is 0.750. The number of carbonyl (C=O) groups excluding carboxylic acids is 2. The smallest absolute Gasteiger partial charge is 0.230 e. The van der Waals surface area contributed by atoms with Crippen molar-refractivity contribution in [1.29, 1.82) is 0 Å². The van der Waals surface area contributed by atoms with Gasteiger partial charge in [-0.05, 0) is 25.7 Å². The van der Waals surface area contributed by atoms with Crippen molar-refractivity contribution in [2.45, 2.75) is 25.7 Å². The molecule has 0 bridgehead atoms. The van der Waals surface area contributed by atoms with Crippen LogP contribution in [0.1, 0.15) is 25.7 Å². The van der Waals surface area contributed by atoms with Gasteiger partial charge in [0.2, 0.25) is 11.8 Å². The predicted molar refractivity (Wildman–Crippen MR) is 78.6 cm³/mol. The van der Waals surface area contributed by atoms with Gasteiger partial charge in [0.05, 0.1) is 17.9 Å². The van der Waals surface area contributed by atoms with Gasteiger partial charge in [0.1, 0.15) is 0 Å². The largest absolute Gasteiger partial charge is 0.381 e. The fourth-order valence-corrected chi connectivity index (χ4v) is 3.91. The Hall–Kier alpha value is -1.36. The van der Waals surface area contributed by atoms with Gasteiger partial charge in [-0.25, -0.2) is 0 Å². The fourth-order valence-electron chi connectivity index (χ4n) is 3.91. The van der Waals surface area contributed by atoms with Crippen molar-refractivity contribution in [3.63, 3.8) is 0 Å². The summed E-state index contributed by atoms with van der Waals surface area (Å²) in [5.41, 5.74) is -0.337. The number of hydrogen-bond donors (Lipinski definition) is 0. The topological polar surface area (TPSA) is 49.9 Å². The van der Waals surface area contributed by atoms with Crippen LogP contribution in [0.15, 0.2) is 12.7 Å². The molecule has 2 amide bonds. The summed E-state index contributed by atoms with van der Waals surface area (Å²) in [6.45, 7) is 7.72. The number of ether oxygens (including phenoxy) is 1. The number of rotatable bonds is 3. The Morgan fingerprint density at radius 2 is 2.29 bits per heavy atom. The average Bonchev–Trinajstić information content (AvgIpc) is 3.12. The molecule has 0 unspecified atom stereocenters. The lowest BCUT2D eigenvalue weighted by atomic mass is 9.78. The third-order valence-corrected chi connectivity index (χ3v) is 5.12. The molecule has 0 N–H and O–H groups in total. The first-order chi connectivity index (χ1) is 10.2. The average molecular weight is 292 g/mol. The molecule has 21 heavy (non-hydrogen) atoms. The summed E-state index contributed by atoms with van der Waals surface area (Å²) in [6.07, 6.45) is 5.29. The molecule has 116 valence electrons. The molecule has 3 aliphatic heterocycles. The minimum Gasteiger partial charge on any atom is -0.381 e. The monoisotopic (exact) mass is 292 g/mol. The van der Waals surface area contributed by atoms with E-state index in [4.69, 9.17) is 4.74 Å². The van der Waals surface area contributed by atoms with Crippen LogP contribution < -0.4 is 0 Å².